The van der Waals surface area contributed by atoms with E-state index in [1.165, 1.54) is 39.2 Å². The molecule has 0 bridgehead atoms. The van der Waals surface area contributed by atoms with Crippen LogP contribution in [0.5, 0.6) is 0 Å². The summed E-state index contributed by atoms with van der Waals surface area (Å²) in [7, 11) is 2.18. The average molecular weight is 663 g/mol. The maximum absolute atomic E-state index is 3.83. The molecular formula is C33H46IrN2-2. The van der Waals surface area contributed by atoms with Gasteiger partial charge in [0.15, 0.2) is 0 Å². The van der Waals surface area contributed by atoms with Crippen molar-refractivity contribution < 1.29 is 20.1 Å². The maximum Gasteiger partial charge on any atom is 0.0329 e. The first kappa shape index (κ1) is 27.7. The molecule has 1 radical (unpaired) electrons. The van der Waals surface area contributed by atoms with Crippen LogP contribution in [0.4, 0.5) is 17.1 Å². The minimum Gasteiger partial charge on any atom is -0.504 e. The molecular weight excluding hydrogens is 617 g/mol. The molecule has 0 fully saturated rings. The molecule has 0 N–H and O–H groups in total. The fourth-order valence-corrected chi connectivity index (χ4v) is 7.59. The Hall–Kier alpha value is -1.31. The first-order valence-electron chi connectivity index (χ1n) is 13.4. The summed E-state index contributed by atoms with van der Waals surface area (Å²) in [5.41, 5.74) is 11.6. The van der Waals surface area contributed by atoms with Gasteiger partial charge in [-0.15, -0.1) is 22.9 Å². The molecule has 0 spiro atoms. The van der Waals surface area contributed by atoms with E-state index in [2.05, 4.69) is 138 Å². The van der Waals surface area contributed by atoms with Gasteiger partial charge in [0.1, 0.15) is 0 Å². The Bertz CT molecular complexity index is 1260. The SMILES string of the molecule is Cc1[c-]c(N2[CH-]N(C)c3cc4c(cc32)C(C)(C)C(C)(C)C4(C)C)cc2c1C(C)(C)C(C)(C)C2(C)C.[Ir]. The van der Waals surface area contributed by atoms with Gasteiger partial charge in [0.2, 0.25) is 0 Å². The van der Waals surface area contributed by atoms with Gasteiger partial charge in [-0.25, -0.2) is 0 Å². The van der Waals surface area contributed by atoms with Crippen molar-refractivity contribution in [3.63, 3.8) is 0 Å². The van der Waals surface area contributed by atoms with Crippen LogP contribution >= 0.6 is 0 Å². The third kappa shape index (κ3) is 2.88. The Morgan fingerprint density at radius 3 is 1.61 bits per heavy atom. The summed E-state index contributed by atoms with van der Waals surface area (Å²) >= 11 is 0. The average Bonchev–Trinajstić information content (AvgIpc) is 3.15. The van der Waals surface area contributed by atoms with E-state index in [0.29, 0.717) is 0 Å². The summed E-state index contributed by atoms with van der Waals surface area (Å²) in [5.74, 6) is 0. The van der Waals surface area contributed by atoms with Gasteiger partial charge in [-0.05, 0) is 62.8 Å². The molecule has 199 valence electrons. The predicted molar refractivity (Wildman–Crippen MR) is 151 cm³/mol. The standard InChI is InChI=1S/C33H46N2.Ir/c1-20-15-21(16-24-27(20)31(8,9)33(12,13)30(24,6)7)35-19-34(14)25-17-22-23(18-26(25)35)29(4,5)32(10,11)28(22,2)3;/h16-19H,1-14H3;/q-2;. The van der Waals surface area contributed by atoms with E-state index in [9.17, 15) is 0 Å². The third-order valence-electron chi connectivity index (χ3n) is 12.4. The second kappa shape index (κ2) is 7.41. The molecule has 5 rings (SSSR count). The molecule has 1 heterocycles. The molecule has 3 heteroatoms. The first-order valence-corrected chi connectivity index (χ1v) is 13.4. The molecule has 0 unspecified atom stereocenters. The van der Waals surface area contributed by atoms with Crippen molar-refractivity contribution in [2.75, 3.05) is 16.8 Å². The number of fused-ring (bicyclic) bond motifs is 3. The van der Waals surface area contributed by atoms with Crippen LogP contribution in [0.15, 0.2) is 18.2 Å². The minimum absolute atomic E-state index is 0. The maximum atomic E-state index is 3.83. The number of benzene rings is 2. The van der Waals surface area contributed by atoms with Crippen LogP contribution < -0.4 is 9.80 Å². The number of aryl methyl sites for hydroxylation is 1. The minimum atomic E-state index is 0. The normalized spacial score (nSPS) is 24.7. The van der Waals surface area contributed by atoms with E-state index >= 15 is 0 Å². The molecule has 2 aromatic carbocycles. The third-order valence-corrected chi connectivity index (χ3v) is 12.4. The van der Waals surface area contributed by atoms with E-state index in [-0.39, 0.29) is 52.6 Å². The van der Waals surface area contributed by atoms with Crippen molar-refractivity contribution in [3.05, 3.63) is 58.8 Å². The number of nitrogens with zero attached hydrogens (tertiary/aromatic N) is 2. The molecule has 0 saturated heterocycles. The van der Waals surface area contributed by atoms with Gasteiger partial charge in [-0.3, -0.25) is 0 Å². The van der Waals surface area contributed by atoms with Crippen molar-refractivity contribution in [3.8, 4) is 0 Å². The van der Waals surface area contributed by atoms with Crippen molar-refractivity contribution in [1.29, 1.82) is 0 Å². The Labute approximate surface area is 234 Å². The fourth-order valence-electron chi connectivity index (χ4n) is 7.59. The van der Waals surface area contributed by atoms with Gasteiger partial charge >= 0.3 is 0 Å². The van der Waals surface area contributed by atoms with Gasteiger partial charge in [-0.1, -0.05) is 90.0 Å². The Morgan fingerprint density at radius 1 is 0.639 bits per heavy atom. The molecule has 0 saturated carbocycles. The van der Waals surface area contributed by atoms with Crippen molar-refractivity contribution in [1.82, 2.24) is 0 Å². The molecule has 2 aromatic rings. The van der Waals surface area contributed by atoms with Crippen LogP contribution in [-0.2, 0) is 41.8 Å². The van der Waals surface area contributed by atoms with E-state index in [4.69, 9.17) is 0 Å². The molecule has 1 aliphatic heterocycles. The van der Waals surface area contributed by atoms with Crippen LogP contribution in [0, 0.1) is 30.5 Å². The van der Waals surface area contributed by atoms with E-state index in [1.54, 1.807) is 0 Å². The van der Waals surface area contributed by atoms with Crippen LogP contribution in [0.25, 0.3) is 0 Å². The van der Waals surface area contributed by atoms with Crippen LogP contribution in [0.3, 0.4) is 0 Å². The molecule has 0 aromatic heterocycles. The monoisotopic (exact) mass is 663 g/mol. The second-order valence-corrected chi connectivity index (χ2v) is 14.8. The first-order chi connectivity index (χ1) is 15.7. The fraction of sp³-hybridized carbons (Fsp3) is 0.606. The van der Waals surface area contributed by atoms with Gasteiger partial charge in [0.05, 0.1) is 0 Å². The van der Waals surface area contributed by atoms with Crippen LogP contribution in [-0.4, -0.2) is 7.05 Å². The van der Waals surface area contributed by atoms with Gasteiger partial charge < -0.3 is 9.80 Å². The molecule has 36 heavy (non-hydrogen) atoms. The zero-order chi connectivity index (χ0) is 26.3. The summed E-state index contributed by atoms with van der Waals surface area (Å²) in [4.78, 5) is 4.67. The topological polar surface area (TPSA) is 6.48 Å². The zero-order valence-electron chi connectivity index (χ0n) is 25.0. The summed E-state index contributed by atoms with van der Waals surface area (Å²) in [6, 6.07) is 11.2. The number of rotatable bonds is 1. The van der Waals surface area contributed by atoms with Crippen molar-refractivity contribution >= 4 is 17.1 Å². The summed E-state index contributed by atoms with van der Waals surface area (Å²) in [5, 5.41) is 0. The Balaban J connectivity index is 0.00000304. The largest absolute Gasteiger partial charge is 0.504 e. The second-order valence-electron chi connectivity index (χ2n) is 14.8. The van der Waals surface area contributed by atoms with Gasteiger partial charge in [0.25, 0.3) is 0 Å². The Kier molecular flexibility index (Phi) is 5.71. The number of hydrogen-bond donors (Lipinski definition) is 0. The molecule has 2 aliphatic carbocycles. The predicted octanol–water partition coefficient (Wildman–Crippen LogP) is 8.69. The quantitative estimate of drug-likeness (QED) is 0.282. The molecule has 0 atom stereocenters. The molecule has 2 nitrogen and oxygen atoms in total. The summed E-state index contributed by atoms with van der Waals surface area (Å²) in [6.45, 7) is 33.7. The van der Waals surface area contributed by atoms with Crippen molar-refractivity contribution in [2.24, 2.45) is 10.8 Å². The van der Waals surface area contributed by atoms with Gasteiger partial charge in [0, 0.05) is 31.5 Å². The Morgan fingerprint density at radius 2 is 1.08 bits per heavy atom. The number of anilines is 3. The van der Waals surface area contributed by atoms with Gasteiger partial charge in [-0.2, -0.15) is 18.3 Å². The summed E-state index contributed by atoms with van der Waals surface area (Å²) < 4.78 is 0. The van der Waals surface area contributed by atoms with Crippen LogP contribution in [0.2, 0.25) is 0 Å². The molecule has 0 amide bonds. The van der Waals surface area contributed by atoms with Crippen molar-refractivity contribution in [2.45, 2.75) is 112 Å². The van der Waals surface area contributed by atoms with E-state index in [1.807, 2.05) is 0 Å². The summed E-state index contributed by atoms with van der Waals surface area (Å²) in [6.07, 6.45) is 0. The number of hydrogen-bond acceptors (Lipinski definition) is 2. The molecule has 3 aliphatic rings. The zero-order valence-corrected chi connectivity index (χ0v) is 27.4. The van der Waals surface area contributed by atoms with E-state index in [0.717, 1.165) is 5.69 Å². The van der Waals surface area contributed by atoms with E-state index < -0.39 is 0 Å². The van der Waals surface area contributed by atoms with Crippen LogP contribution in [0.1, 0.15) is 111 Å². The smallest absolute Gasteiger partial charge is 0.0329 e.